The molecule has 2 fully saturated rings. The summed E-state index contributed by atoms with van der Waals surface area (Å²) in [5.74, 6) is 0. The maximum Gasteiger partial charge on any atom is 0.264 e. The zero-order chi connectivity index (χ0) is 50.1. The molecular weight excluding hydrogens is 1020 g/mol. The largest absolute Gasteiger partial charge is 0.384 e. The van der Waals surface area contributed by atoms with Crippen LogP contribution in [-0.2, 0) is 25.5 Å². The molecule has 0 unspecified atom stereocenters. The van der Waals surface area contributed by atoms with Crippen molar-refractivity contribution in [3.63, 3.8) is 0 Å². The predicted octanol–water partition coefficient (Wildman–Crippen LogP) is 11.5. The minimum Gasteiger partial charge on any atom is -0.384 e. The normalized spacial score (nSPS) is 18.2. The number of hydrogen-bond acceptors (Lipinski definition) is 11. The number of nitrogens with zero attached hydrogens (tertiary/aromatic N) is 5. The van der Waals surface area contributed by atoms with E-state index in [0.717, 1.165) is 84.4 Å². The Morgan fingerprint density at radius 3 is 1.57 bits per heavy atom. The average Bonchev–Trinajstić information content (AvgIpc) is 3.30. The van der Waals surface area contributed by atoms with Crippen molar-refractivity contribution in [3.05, 3.63) is 185 Å². The van der Waals surface area contributed by atoms with Gasteiger partial charge in [-0.3, -0.25) is 19.1 Å². The molecule has 368 valence electrons. The van der Waals surface area contributed by atoms with Gasteiger partial charge in [-0.05, 0) is 112 Å². The molecule has 4 heterocycles. The van der Waals surface area contributed by atoms with Crippen LogP contribution in [0.2, 0.25) is 30.1 Å². The summed E-state index contributed by atoms with van der Waals surface area (Å²) in [7, 11) is -3.55. The highest BCUT2D eigenvalue weighted by molar-refractivity contribution is 7.86. The van der Waals surface area contributed by atoms with Crippen LogP contribution in [0.5, 0.6) is 0 Å². The molecule has 4 aromatic carbocycles. The molecule has 0 aliphatic carbocycles. The van der Waals surface area contributed by atoms with Gasteiger partial charge in [0.25, 0.3) is 10.1 Å². The van der Waals surface area contributed by atoms with Crippen LogP contribution in [0.4, 0.5) is 11.4 Å². The van der Waals surface area contributed by atoms with Crippen molar-refractivity contribution in [2.75, 3.05) is 68.5 Å². The van der Waals surface area contributed by atoms with Gasteiger partial charge in [0.05, 0.1) is 46.4 Å². The Bertz CT molecular complexity index is 2740. The summed E-state index contributed by atoms with van der Waals surface area (Å²) in [5, 5.41) is 28.7. The number of halogens is 6. The zero-order valence-electron chi connectivity index (χ0n) is 38.9. The third kappa shape index (κ3) is 15.6. The van der Waals surface area contributed by atoms with E-state index in [1.807, 2.05) is 81.4 Å². The van der Waals surface area contributed by atoms with Gasteiger partial charge in [0.15, 0.2) is 0 Å². The molecule has 18 heteroatoms. The second kappa shape index (κ2) is 24.1. The number of anilines is 2. The summed E-state index contributed by atoms with van der Waals surface area (Å²) in [5.41, 5.74) is 5.03. The molecule has 0 bridgehead atoms. The molecular formula is C51H56Cl6N6O5S. The second-order valence-corrected chi connectivity index (χ2v) is 21.7. The Labute approximate surface area is 436 Å². The lowest BCUT2D eigenvalue weighted by molar-refractivity contribution is 0.00966. The summed E-state index contributed by atoms with van der Waals surface area (Å²) >= 11 is 37.2. The van der Waals surface area contributed by atoms with Gasteiger partial charge < -0.3 is 25.3 Å². The quantitative estimate of drug-likeness (QED) is 0.107. The van der Waals surface area contributed by atoms with Gasteiger partial charge in [-0.15, -0.1) is 0 Å². The van der Waals surface area contributed by atoms with Crippen LogP contribution in [-0.4, -0.2) is 92.2 Å². The topological polar surface area (TPSA) is 131 Å². The number of piperazine rings is 2. The van der Waals surface area contributed by atoms with Crippen molar-refractivity contribution in [1.82, 2.24) is 20.2 Å². The van der Waals surface area contributed by atoms with E-state index < -0.39 is 21.3 Å². The van der Waals surface area contributed by atoms with E-state index >= 15 is 0 Å². The molecule has 2 aromatic heterocycles. The Balaban J connectivity index is 0.000000183. The number of nitrogens with one attached hydrogen (secondary N) is 1. The SMILES string of the molecule is Cc1ccc([C@](C)(O)CN2CCN(c3ccc(Cl)cc3Cl)[C@H](c3ccc(Cl)cc3)C2)cn1.Cc1ccc([C@](C)(O)COS(C)(=O)=O)cn1.Clc1ccc([C@@H]2CNCCN2c2ccc(Cl)cc2Cl)cc1. The molecule has 0 spiro atoms. The Morgan fingerprint density at radius 1 is 0.638 bits per heavy atom. The summed E-state index contributed by atoms with van der Waals surface area (Å²) in [4.78, 5) is 15.3. The molecule has 0 radical (unpaired) electrons. The summed E-state index contributed by atoms with van der Waals surface area (Å²) in [6, 6.07) is 34.8. The van der Waals surface area contributed by atoms with Crippen molar-refractivity contribution in [3.8, 4) is 0 Å². The van der Waals surface area contributed by atoms with Crippen LogP contribution in [0.15, 0.2) is 122 Å². The van der Waals surface area contributed by atoms with E-state index in [0.29, 0.717) is 37.2 Å². The highest BCUT2D eigenvalue weighted by Crippen LogP contribution is 2.38. The molecule has 4 atom stereocenters. The lowest BCUT2D eigenvalue weighted by atomic mass is 9.95. The van der Waals surface area contributed by atoms with E-state index in [9.17, 15) is 18.6 Å². The molecule has 0 saturated carbocycles. The second-order valence-electron chi connectivity index (χ2n) is 17.5. The van der Waals surface area contributed by atoms with Crippen molar-refractivity contribution >= 4 is 91.1 Å². The molecule has 69 heavy (non-hydrogen) atoms. The molecule has 11 nitrogen and oxygen atoms in total. The van der Waals surface area contributed by atoms with Gasteiger partial charge in [0.1, 0.15) is 11.2 Å². The van der Waals surface area contributed by atoms with Gasteiger partial charge in [-0.1, -0.05) is 106 Å². The predicted molar refractivity (Wildman–Crippen MR) is 283 cm³/mol. The van der Waals surface area contributed by atoms with Gasteiger partial charge in [0.2, 0.25) is 0 Å². The van der Waals surface area contributed by atoms with Gasteiger partial charge in [0, 0.05) is 101 Å². The minimum absolute atomic E-state index is 0.0478. The monoisotopic (exact) mass is 1070 g/mol. The van der Waals surface area contributed by atoms with Crippen LogP contribution >= 0.6 is 69.6 Å². The molecule has 2 saturated heterocycles. The van der Waals surface area contributed by atoms with Crippen molar-refractivity contribution in [1.29, 1.82) is 0 Å². The smallest absolute Gasteiger partial charge is 0.264 e. The number of aromatic nitrogens is 2. The van der Waals surface area contributed by atoms with Crippen LogP contribution in [0.3, 0.4) is 0 Å². The Morgan fingerprint density at radius 2 is 1.10 bits per heavy atom. The summed E-state index contributed by atoms with van der Waals surface area (Å²) in [6.45, 7) is 12.3. The van der Waals surface area contributed by atoms with Gasteiger partial charge in [-0.25, -0.2) is 0 Å². The summed E-state index contributed by atoms with van der Waals surface area (Å²) < 4.78 is 26.2. The van der Waals surface area contributed by atoms with Crippen LogP contribution in [0.25, 0.3) is 0 Å². The highest BCUT2D eigenvalue weighted by Gasteiger charge is 2.34. The number of pyridine rings is 2. The third-order valence-corrected chi connectivity index (χ3v) is 13.9. The van der Waals surface area contributed by atoms with Crippen LogP contribution in [0.1, 0.15) is 59.6 Å². The van der Waals surface area contributed by atoms with Gasteiger partial charge >= 0.3 is 0 Å². The maximum absolute atomic E-state index is 11.2. The van der Waals surface area contributed by atoms with E-state index in [1.165, 1.54) is 18.7 Å². The van der Waals surface area contributed by atoms with Crippen molar-refractivity contribution in [2.24, 2.45) is 0 Å². The number of hydrogen-bond donors (Lipinski definition) is 3. The average molecular weight is 1080 g/mol. The van der Waals surface area contributed by atoms with E-state index in [-0.39, 0.29) is 18.7 Å². The Hall–Kier alpha value is -3.73. The first-order chi connectivity index (χ1) is 32.6. The van der Waals surface area contributed by atoms with Crippen LogP contribution < -0.4 is 15.1 Å². The standard InChI is InChI=1S/C25H26Cl3N3O.C16H15Cl3N2.C10H15NO4S/c1-17-3-6-19(14-29-17)25(2,32)16-30-11-12-31(23-10-9-21(27)13-22(23)28)24(15-30)18-4-7-20(26)8-5-18;17-12-3-1-11(2-4-12)16-10-20-7-8-21(16)15-6-5-13(18)9-14(15)19;1-8-4-5-9(6-11-8)10(2,12)7-15-16(3,13)14/h3-10,13-14,24,32H,11-12,15-16H2,1-2H3;1-6,9,16,20H,7-8,10H2;4-6,12H,7H2,1-3H3/t24-,25+;16-;10-/m001/s1. The van der Waals surface area contributed by atoms with Crippen LogP contribution in [0, 0.1) is 13.8 Å². The molecule has 2 aliphatic rings. The lowest BCUT2D eigenvalue weighted by Crippen LogP contribution is -2.52. The van der Waals surface area contributed by atoms with E-state index in [2.05, 4.69) is 58.4 Å². The number of aryl methyl sites for hydroxylation is 2. The number of rotatable bonds is 11. The number of aliphatic hydroxyl groups is 2. The molecule has 6 aromatic rings. The number of β-amino-alcohol motifs (C(OH)–C–C–N with tert-alkyl or cyclic N) is 1. The van der Waals surface area contributed by atoms with E-state index in [4.69, 9.17) is 69.6 Å². The van der Waals surface area contributed by atoms with Crippen molar-refractivity contribution in [2.45, 2.75) is 51.0 Å². The molecule has 2 aliphatic heterocycles. The zero-order valence-corrected chi connectivity index (χ0v) is 44.2. The molecule has 3 N–H and O–H groups in total. The first kappa shape index (κ1) is 54.6. The first-order valence-corrected chi connectivity index (χ1v) is 26.2. The third-order valence-electron chi connectivity index (χ3n) is 11.8. The lowest BCUT2D eigenvalue weighted by Gasteiger charge is -2.45. The molecule has 8 rings (SSSR count). The fourth-order valence-corrected chi connectivity index (χ4v) is 9.78. The minimum atomic E-state index is -3.55. The first-order valence-electron chi connectivity index (χ1n) is 22.1. The summed E-state index contributed by atoms with van der Waals surface area (Å²) in [6.07, 6.45) is 4.20. The fourth-order valence-electron chi connectivity index (χ4n) is 8.05. The number of benzene rings is 4. The maximum atomic E-state index is 11.2. The highest BCUT2D eigenvalue weighted by atomic mass is 35.5. The molecule has 0 amide bonds. The van der Waals surface area contributed by atoms with Gasteiger partial charge in [-0.2, -0.15) is 8.42 Å². The van der Waals surface area contributed by atoms with E-state index in [1.54, 1.807) is 30.5 Å². The fraction of sp³-hybridized carbons (Fsp3) is 0.333. The van der Waals surface area contributed by atoms with Crippen molar-refractivity contribution < 1.29 is 22.8 Å². The Kier molecular flexibility index (Phi) is 19.1.